The first kappa shape index (κ1) is 11.7. The summed E-state index contributed by atoms with van der Waals surface area (Å²) >= 11 is 1.90. The lowest BCUT2D eigenvalue weighted by atomic mass is 10.2. The van der Waals surface area contributed by atoms with Crippen molar-refractivity contribution in [2.75, 3.05) is 32.7 Å². The van der Waals surface area contributed by atoms with E-state index in [1.54, 1.807) is 0 Å². The Labute approximate surface area is 108 Å². The maximum atomic E-state index is 2.71. The van der Waals surface area contributed by atoms with Crippen molar-refractivity contribution in [2.24, 2.45) is 0 Å². The van der Waals surface area contributed by atoms with Crippen molar-refractivity contribution in [3.63, 3.8) is 0 Å². The highest BCUT2D eigenvalue weighted by Crippen LogP contribution is 2.21. The summed E-state index contributed by atoms with van der Waals surface area (Å²) in [5.74, 6) is 0. The summed E-state index contributed by atoms with van der Waals surface area (Å²) in [4.78, 5) is 6.94. The zero-order valence-corrected chi connectivity index (χ0v) is 11.3. The molecule has 0 amide bonds. The fraction of sp³-hybridized carbons (Fsp3) is 0.714. The minimum atomic E-state index is 0.862. The molecule has 0 radical (unpaired) electrons. The minimum absolute atomic E-state index is 0.862. The number of rotatable bonds is 3. The summed E-state index contributed by atoms with van der Waals surface area (Å²) in [6.45, 7) is 6.55. The lowest BCUT2D eigenvalue weighted by molar-refractivity contribution is 0.222. The molecule has 3 heteroatoms. The van der Waals surface area contributed by atoms with Gasteiger partial charge in [-0.05, 0) is 56.8 Å². The highest BCUT2D eigenvalue weighted by atomic mass is 32.1. The van der Waals surface area contributed by atoms with E-state index in [-0.39, 0.29) is 0 Å². The molecule has 1 aromatic heterocycles. The van der Waals surface area contributed by atoms with Crippen LogP contribution < -0.4 is 0 Å². The molecule has 2 aliphatic heterocycles. The fourth-order valence-electron chi connectivity index (χ4n) is 3.21. The van der Waals surface area contributed by atoms with Crippen molar-refractivity contribution >= 4 is 11.3 Å². The first-order valence-corrected chi connectivity index (χ1v) is 7.78. The predicted molar refractivity (Wildman–Crippen MR) is 73.7 cm³/mol. The van der Waals surface area contributed by atoms with Crippen LogP contribution in [0.5, 0.6) is 0 Å². The zero-order valence-electron chi connectivity index (χ0n) is 10.5. The van der Waals surface area contributed by atoms with Crippen molar-refractivity contribution in [1.29, 1.82) is 0 Å². The van der Waals surface area contributed by atoms with Gasteiger partial charge in [0, 0.05) is 24.0 Å². The molecule has 2 aliphatic rings. The molecule has 0 aromatic carbocycles. The summed E-state index contributed by atoms with van der Waals surface area (Å²) < 4.78 is 0. The molecule has 94 valence electrons. The molecule has 2 fully saturated rings. The third-order valence-corrected chi connectivity index (χ3v) is 5.08. The molecule has 2 nitrogen and oxygen atoms in total. The van der Waals surface area contributed by atoms with Gasteiger partial charge in [-0.25, -0.2) is 0 Å². The molecular weight excluding hydrogens is 228 g/mol. The maximum Gasteiger partial charge on any atom is 0.0223 e. The van der Waals surface area contributed by atoms with Gasteiger partial charge in [-0.2, -0.15) is 0 Å². The predicted octanol–water partition coefficient (Wildman–Crippen LogP) is 2.46. The monoisotopic (exact) mass is 250 g/mol. The second kappa shape index (κ2) is 5.51. The van der Waals surface area contributed by atoms with Gasteiger partial charge in [0.25, 0.3) is 0 Å². The molecule has 0 aliphatic carbocycles. The molecule has 2 saturated heterocycles. The van der Waals surface area contributed by atoms with Crippen LogP contribution in [0.4, 0.5) is 0 Å². The molecular formula is C14H22N2S. The van der Waals surface area contributed by atoms with Gasteiger partial charge in [0.2, 0.25) is 0 Å². The Morgan fingerprint density at radius 3 is 3.06 bits per heavy atom. The van der Waals surface area contributed by atoms with Crippen molar-refractivity contribution in [3.8, 4) is 0 Å². The van der Waals surface area contributed by atoms with E-state index in [1.807, 2.05) is 11.3 Å². The summed E-state index contributed by atoms with van der Waals surface area (Å²) in [7, 11) is 0. The Hall–Kier alpha value is -0.380. The third-order valence-electron chi connectivity index (χ3n) is 4.14. The molecule has 3 rings (SSSR count). The molecule has 1 atom stereocenters. The first-order chi connectivity index (χ1) is 8.42. The Kier molecular flexibility index (Phi) is 3.79. The average molecular weight is 250 g/mol. The van der Waals surface area contributed by atoms with E-state index in [1.165, 1.54) is 63.3 Å². The number of hydrogen-bond donors (Lipinski definition) is 0. The van der Waals surface area contributed by atoms with Crippen LogP contribution in [0.2, 0.25) is 0 Å². The van der Waals surface area contributed by atoms with Crippen LogP contribution in [-0.4, -0.2) is 48.6 Å². The van der Waals surface area contributed by atoms with Crippen molar-refractivity contribution in [2.45, 2.75) is 31.7 Å². The molecule has 0 N–H and O–H groups in total. The summed E-state index contributed by atoms with van der Waals surface area (Å²) in [5, 5.41) is 2.19. The lowest BCUT2D eigenvalue weighted by Gasteiger charge is -2.25. The van der Waals surface area contributed by atoms with Gasteiger partial charge in [-0.3, -0.25) is 4.90 Å². The van der Waals surface area contributed by atoms with Gasteiger partial charge in [0.1, 0.15) is 0 Å². The van der Waals surface area contributed by atoms with Gasteiger partial charge in [-0.1, -0.05) is 6.07 Å². The molecule has 0 spiro atoms. The number of thiophene rings is 1. The van der Waals surface area contributed by atoms with E-state index < -0.39 is 0 Å². The first-order valence-electron chi connectivity index (χ1n) is 6.90. The van der Waals surface area contributed by atoms with E-state index in [2.05, 4.69) is 27.3 Å². The standard InChI is InChI=1S/C14H22N2S/c1-4-13-12-15(7-3-9-16(13)8-1)10-6-14-5-2-11-17-14/h2,5,11,13H,1,3-4,6-10,12H2. The third kappa shape index (κ3) is 2.90. The van der Waals surface area contributed by atoms with Crippen molar-refractivity contribution in [1.82, 2.24) is 9.80 Å². The number of nitrogens with zero attached hydrogens (tertiary/aromatic N) is 2. The van der Waals surface area contributed by atoms with E-state index in [0.717, 1.165) is 6.04 Å². The normalized spacial score (nSPS) is 26.9. The molecule has 1 unspecified atom stereocenters. The molecule has 3 heterocycles. The Bertz CT molecular complexity index is 336. The molecule has 0 bridgehead atoms. The minimum Gasteiger partial charge on any atom is -0.301 e. The van der Waals surface area contributed by atoms with Crippen molar-refractivity contribution < 1.29 is 0 Å². The molecule has 1 aromatic rings. The largest absolute Gasteiger partial charge is 0.301 e. The van der Waals surface area contributed by atoms with E-state index >= 15 is 0 Å². The van der Waals surface area contributed by atoms with Gasteiger partial charge in [0.15, 0.2) is 0 Å². The van der Waals surface area contributed by atoms with Gasteiger partial charge in [-0.15, -0.1) is 11.3 Å². The molecule has 0 saturated carbocycles. The van der Waals surface area contributed by atoms with Gasteiger partial charge < -0.3 is 4.90 Å². The van der Waals surface area contributed by atoms with Crippen LogP contribution in [0.3, 0.4) is 0 Å². The summed E-state index contributed by atoms with van der Waals surface area (Å²) in [5.41, 5.74) is 0. The quantitative estimate of drug-likeness (QED) is 0.813. The SMILES string of the molecule is c1csc(CCN2CCCN3CCCC3C2)c1. The number of fused-ring (bicyclic) bond motifs is 1. The van der Waals surface area contributed by atoms with E-state index in [9.17, 15) is 0 Å². The fourth-order valence-corrected chi connectivity index (χ4v) is 3.91. The van der Waals surface area contributed by atoms with Crippen LogP contribution in [0.15, 0.2) is 17.5 Å². The average Bonchev–Trinajstić information content (AvgIpc) is 2.95. The number of hydrogen-bond acceptors (Lipinski definition) is 3. The van der Waals surface area contributed by atoms with Crippen LogP contribution in [-0.2, 0) is 6.42 Å². The second-order valence-electron chi connectivity index (χ2n) is 5.32. The Balaban J connectivity index is 1.52. The summed E-state index contributed by atoms with van der Waals surface area (Å²) in [6, 6.07) is 5.30. The van der Waals surface area contributed by atoms with Crippen LogP contribution in [0, 0.1) is 0 Å². The van der Waals surface area contributed by atoms with E-state index in [0.29, 0.717) is 0 Å². The van der Waals surface area contributed by atoms with Crippen LogP contribution in [0.25, 0.3) is 0 Å². The highest BCUT2D eigenvalue weighted by Gasteiger charge is 2.28. The van der Waals surface area contributed by atoms with Crippen LogP contribution >= 0.6 is 11.3 Å². The smallest absolute Gasteiger partial charge is 0.0223 e. The molecule has 17 heavy (non-hydrogen) atoms. The van der Waals surface area contributed by atoms with E-state index in [4.69, 9.17) is 0 Å². The Morgan fingerprint density at radius 2 is 2.18 bits per heavy atom. The van der Waals surface area contributed by atoms with Gasteiger partial charge >= 0.3 is 0 Å². The summed E-state index contributed by atoms with van der Waals surface area (Å²) in [6.07, 6.45) is 5.45. The zero-order chi connectivity index (χ0) is 11.5. The second-order valence-corrected chi connectivity index (χ2v) is 6.35. The lowest BCUT2D eigenvalue weighted by Crippen LogP contribution is -2.37. The Morgan fingerprint density at radius 1 is 1.24 bits per heavy atom. The highest BCUT2D eigenvalue weighted by molar-refractivity contribution is 7.09. The van der Waals surface area contributed by atoms with Crippen LogP contribution in [0.1, 0.15) is 24.1 Å². The van der Waals surface area contributed by atoms with Crippen molar-refractivity contribution in [3.05, 3.63) is 22.4 Å². The van der Waals surface area contributed by atoms with Gasteiger partial charge in [0.05, 0.1) is 0 Å². The topological polar surface area (TPSA) is 6.48 Å². The maximum absolute atomic E-state index is 2.71.